The van der Waals surface area contributed by atoms with Gasteiger partial charge in [-0.3, -0.25) is 9.59 Å². The lowest BCUT2D eigenvalue weighted by Crippen LogP contribution is -2.40. The van der Waals surface area contributed by atoms with Crippen molar-refractivity contribution in [3.8, 4) is 5.75 Å². The molecule has 2 aliphatic heterocycles. The third-order valence-electron chi connectivity index (χ3n) is 6.91. The fraction of sp³-hybridized carbons (Fsp3) is 0.379. The van der Waals surface area contributed by atoms with Gasteiger partial charge in [-0.2, -0.15) is 0 Å². The number of hydrogen-bond donors (Lipinski definition) is 1. The highest BCUT2D eigenvalue weighted by Crippen LogP contribution is 2.38. The SMILES string of the molecule is CCC(=O)N1CCc2ccc(OCc3ccc(C(=O)NC[C@@H]4CCCO4)o3)cc2[C@H]1c1cccc(F)c1. The van der Waals surface area contributed by atoms with Gasteiger partial charge in [-0.1, -0.05) is 25.1 Å². The van der Waals surface area contributed by atoms with Gasteiger partial charge >= 0.3 is 0 Å². The summed E-state index contributed by atoms with van der Waals surface area (Å²) in [6.07, 6.45) is 3.12. The van der Waals surface area contributed by atoms with Crippen molar-refractivity contribution in [1.29, 1.82) is 0 Å². The summed E-state index contributed by atoms with van der Waals surface area (Å²) in [5.74, 6) is 0.744. The molecule has 0 unspecified atom stereocenters. The van der Waals surface area contributed by atoms with E-state index in [4.69, 9.17) is 13.9 Å². The van der Waals surface area contributed by atoms with Gasteiger partial charge in [0.1, 0.15) is 23.9 Å². The molecule has 0 saturated carbocycles. The summed E-state index contributed by atoms with van der Waals surface area (Å²) in [4.78, 5) is 27.0. The number of carbonyl (C=O) groups is 2. The molecule has 8 heteroatoms. The highest BCUT2D eigenvalue weighted by Gasteiger charge is 2.32. The molecule has 1 aromatic heterocycles. The molecule has 7 nitrogen and oxygen atoms in total. The van der Waals surface area contributed by atoms with E-state index in [1.165, 1.54) is 12.1 Å². The van der Waals surface area contributed by atoms with Crippen LogP contribution in [0.4, 0.5) is 4.39 Å². The van der Waals surface area contributed by atoms with Crippen molar-refractivity contribution in [2.75, 3.05) is 19.7 Å². The predicted molar refractivity (Wildman–Crippen MR) is 135 cm³/mol. The number of rotatable bonds is 8. The van der Waals surface area contributed by atoms with Gasteiger partial charge in [0.2, 0.25) is 5.91 Å². The van der Waals surface area contributed by atoms with Gasteiger partial charge in [0.25, 0.3) is 5.91 Å². The Balaban J connectivity index is 1.30. The summed E-state index contributed by atoms with van der Waals surface area (Å²) < 4.78 is 31.3. The zero-order chi connectivity index (χ0) is 25.8. The minimum absolute atomic E-state index is 0.0205. The van der Waals surface area contributed by atoms with Crippen LogP contribution in [0.15, 0.2) is 59.0 Å². The monoisotopic (exact) mass is 506 g/mol. The third kappa shape index (κ3) is 5.69. The number of fused-ring (bicyclic) bond motifs is 1. The standard InChI is InChI=1S/C29H31FN2O5/c1-2-27(33)32-13-12-19-8-9-22(16-25(19)28(32)20-5-3-6-21(30)15-20)36-18-24-10-11-26(37-24)29(34)31-17-23-7-4-14-35-23/h3,5-6,8-11,15-16,23,28H,2,4,7,12-14,17-18H2,1H3,(H,31,34)/t23-,28+/m0/s1. The van der Waals surface area contributed by atoms with Gasteiger partial charge in [-0.15, -0.1) is 0 Å². The largest absolute Gasteiger partial charge is 0.486 e. The molecule has 37 heavy (non-hydrogen) atoms. The van der Waals surface area contributed by atoms with Crippen LogP contribution in [0.2, 0.25) is 0 Å². The smallest absolute Gasteiger partial charge is 0.287 e. The molecule has 2 atom stereocenters. The Morgan fingerprint density at radius 3 is 2.84 bits per heavy atom. The summed E-state index contributed by atoms with van der Waals surface area (Å²) in [7, 11) is 0. The lowest BCUT2D eigenvalue weighted by atomic mass is 9.87. The van der Waals surface area contributed by atoms with Crippen molar-refractivity contribution in [3.05, 3.63) is 88.6 Å². The Morgan fingerprint density at radius 1 is 1.16 bits per heavy atom. The van der Waals surface area contributed by atoms with Crippen LogP contribution in [-0.4, -0.2) is 42.5 Å². The van der Waals surface area contributed by atoms with Crippen LogP contribution < -0.4 is 10.1 Å². The summed E-state index contributed by atoms with van der Waals surface area (Å²) in [6.45, 7) is 3.75. The predicted octanol–water partition coefficient (Wildman–Crippen LogP) is 4.79. The van der Waals surface area contributed by atoms with Crippen LogP contribution in [0.25, 0.3) is 0 Å². The number of furan rings is 1. The number of nitrogens with zero attached hydrogens (tertiary/aromatic N) is 1. The highest BCUT2D eigenvalue weighted by molar-refractivity contribution is 5.91. The molecule has 194 valence electrons. The maximum atomic E-state index is 14.1. The second-order valence-electron chi connectivity index (χ2n) is 9.41. The number of benzene rings is 2. The molecule has 3 aromatic rings. The molecule has 3 heterocycles. The number of halogens is 1. The summed E-state index contributed by atoms with van der Waals surface area (Å²) in [5.41, 5.74) is 2.75. The molecule has 2 aromatic carbocycles. The van der Waals surface area contributed by atoms with Gasteiger partial charge in [0.15, 0.2) is 5.76 Å². The van der Waals surface area contributed by atoms with Gasteiger partial charge in [0, 0.05) is 26.1 Å². The van der Waals surface area contributed by atoms with E-state index in [0.717, 1.165) is 42.6 Å². The minimum Gasteiger partial charge on any atom is -0.486 e. The van der Waals surface area contributed by atoms with E-state index in [1.54, 1.807) is 18.2 Å². The summed E-state index contributed by atoms with van der Waals surface area (Å²) in [5, 5.41) is 2.85. The molecule has 2 aliphatic rings. The maximum absolute atomic E-state index is 14.1. The number of nitrogens with one attached hydrogen (secondary N) is 1. The average molecular weight is 507 g/mol. The lowest BCUT2D eigenvalue weighted by molar-refractivity contribution is -0.132. The molecule has 2 amide bonds. The van der Waals surface area contributed by atoms with Crippen LogP contribution in [0.3, 0.4) is 0 Å². The number of carbonyl (C=O) groups excluding carboxylic acids is 2. The quantitative estimate of drug-likeness (QED) is 0.475. The highest BCUT2D eigenvalue weighted by atomic mass is 19.1. The van der Waals surface area contributed by atoms with Crippen molar-refractivity contribution < 1.29 is 27.9 Å². The zero-order valence-corrected chi connectivity index (χ0v) is 20.9. The summed E-state index contributed by atoms with van der Waals surface area (Å²) >= 11 is 0. The third-order valence-corrected chi connectivity index (χ3v) is 6.91. The van der Waals surface area contributed by atoms with E-state index in [2.05, 4.69) is 5.32 Å². The Labute approximate surface area is 215 Å². The Hall–Kier alpha value is -3.65. The Morgan fingerprint density at radius 2 is 2.05 bits per heavy atom. The molecule has 1 N–H and O–H groups in total. The molecule has 1 fully saturated rings. The van der Waals surface area contributed by atoms with Crippen molar-refractivity contribution in [3.63, 3.8) is 0 Å². The molecule has 0 aliphatic carbocycles. The molecule has 0 radical (unpaired) electrons. The van der Waals surface area contributed by atoms with Gasteiger partial charge in [-0.05, 0) is 72.4 Å². The van der Waals surface area contributed by atoms with Crippen LogP contribution in [0.5, 0.6) is 5.75 Å². The first-order valence-electron chi connectivity index (χ1n) is 12.8. The molecule has 5 rings (SSSR count). The molecule has 0 bridgehead atoms. The minimum atomic E-state index is -0.391. The molecule has 0 spiro atoms. The maximum Gasteiger partial charge on any atom is 0.287 e. The van der Waals surface area contributed by atoms with E-state index < -0.39 is 6.04 Å². The summed E-state index contributed by atoms with van der Waals surface area (Å²) in [6, 6.07) is 15.2. The van der Waals surface area contributed by atoms with Crippen LogP contribution >= 0.6 is 0 Å². The average Bonchev–Trinajstić information content (AvgIpc) is 3.62. The Kier molecular flexibility index (Phi) is 7.55. The molecule has 1 saturated heterocycles. The second kappa shape index (κ2) is 11.2. The van der Waals surface area contributed by atoms with E-state index in [1.807, 2.05) is 36.1 Å². The van der Waals surface area contributed by atoms with Crippen LogP contribution in [0.1, 0.15) is 65.2 Å². The normalized spacial score (nSPS) is 18.9. The molecular weight excluding hydrogens is 475 g/mol. The van der Waals surface area contributed by atoms with Crippen molar-refractivity contribution >= 4 is 11.8 Å². The topological polar surface area (TPSA) is 81.0 Å². The van der Waals surface area contributed by atoms with E-state index in [0.29, 0.717) is 31.0 Å². The van der Waals surface area contributed by atoms with Crippen LogP contribution in [-0.2, 0) is 22.6 Å². The van der Waals surface area contributed by atoms with Gasteiger partial charge in [0.05, 0.1) is 12.1 Å². The van der Waals surface area contributed by atoms with E-state index in [-0.39, 0.29) is 36.1 Å². The fourth-order valence-electron chi connectivity index (χ4n) is 5.02. The van der Waals surface area contributed by atoms with Gasteiger partial charge < -0.3 is 24.1 Å². The first kappa shape index (κ1) is 25.0. The fourth-order valence-corrected chi connectivity index (χ4v) is 5.02. The lowest BCUT2D eigenvalue weighted by Gasteiger charge is -2.38. The molecular formula is C29H31FN2O5. The number of hydrogen-bond acceptors (Lipinski definition) is 5. The second-order valence-corrected chi connectivity index (χ2v) is 9.41. The van der Waals surface area contributed by atoms with Crippen LogP contribution in [0, 0.1) is 5.82 Å². The first-order valence-corrected chi connectivity index (χ1v) is 12.8. The Bertz CT molecular complexity index is 1270. The number of amides is 2. The van der Waals surface area contributed by atoms with Gasteiger partial charge in [-0.25, -0.2) is 4.39 Å². The van der Waals surface area contributed by atoms with E-state index >= 15 is 0 Å². The van der Waals surface area contributed by atoms with E-state index in [9.17, 15) is 14.0 Å². The first-order chi connectivity index (χ1) is 18.0. The van der Waals surface area contributed by atoms with Crippen molar-refractivity contribution in [2.24, 2.45) is 0 Å². The zero-order valence-electron chi connectivity index (χ0n) is 20.9. The van der Waals surface area contributed by atoms with Crippen molar-refractivity contribution in [1.82, 2.24) is 10.2 Å². The number of ether oxygens (including phenoxy) is 2. The van der Waals surface area contributed by atoms with Crippen molar-refractivity contribution in [2.45, 2.75) is 51.4 Å².